The molecular formula is C7H14N2O. The molecule has 10 heavy (non-hydrogen) atoms. The van der Waals surface area contributed by atoms with E-state index in [-0.39, 0.29) is 18.0 Å². The average molecular weight is 142 g/mol. The number of hydrogen-bond acceptors (Lipinski definition) is 2. The van der Waals surface area contributed by atoms with Crippen LogP contribution in [0.1, 0.15) is 26.2 Å². The highest BCUT2D eigenvalue weighted by atomic mass is 16.1. The van der Waals surface area contributed by atoms with Crippen molar-refractivity contribution in [1.29, 1.82) is 0 Å². The van der Waals surface area contributed by atoms with Gasteiger partial charge in [0.25, 0.3) is 0 Å². The minimum Gasteiger partial charge on any atom is -0.352 e. The molecule has 0 radical (unpaired) electrons. The van der Waals surface area contributed by atoms with Crippen LogP contribution in [0.15, 0.2) is 0 Å². The molecule has 1 aliphatic rings. The SMILES string of the molecule is CCCC(=O)NC1CC1N. The summed E-state index contributed by atoms with van der Waals surface area (Å²) in [6.07, 6.45) is 2.49. The van der Waals surface area contributed by atoms with Gasteiger partial charge in [-0.05, 0) is 12.8 Å². The fraction of sp³-hybridized carbons (Fsp3) is 0.857. The first-order chi connectivity index (χ1) is 4.74. The van der Waals surface area contributed by atoms with E-state index in [0.29, 0.717) is 6.42 Å². The Hall–Kier alpha value is -0.570. The zero-order chi connectivity index (χ0) is 7.56. The lowest BCUT2D eigenvalue weighted by atomic mass is 10.3. The molecule has 1 saturated carbocycles. The lowest BCUT2D eigenvalue weighted by molar-refractivity contribution is -0.121. The lowest BCUT2D eigenvalue weighted by Crippen LogP contribution is -2.29. The summed E-state index contributed by atoms with van der Waals surface area (Å²) >= 11 is 0. The van der Waals surface area contributed by atoms with Gasteiger partial charge in [0, 0.05) is 18.5 Å². The third-order valence-corrected chi connectivity index (χ3v) is 1.66. The topological polar surface area (TPSA) is 55.1 Å². The van der Waals surface area contributed by atoms with E-state index in [1.165, 1.54) is 0 Å². The van der Waals surface area contributed by atoms with Crippen LogP contribution in [0.4, 0.5) is 0 Å². The Balaban J connectivity index is 2.07. The fourth-order valence-corrected chi connectivity index (χ4v) is 0.887. The minimum absolute atomic E-state index is 0.139. The van der Waals surface area contributed by atoms with Gasteiger partial charge in [0.1, 0.15) is 0 Å². The zero-order valence-electron chi connectivity index (χ0n) is 6.26. The normalized spacial score (nSPS) is 29.8. The van der Waals surface area contributed by atoms with Crippen LogP contribution in [0.3, 0.4) is 0 Å². The van der Waals surface area contributed by atoms with Crippen molar-refractivity contribution in [2.24, 2.45) is 5.73 Å². The van der Waals surface area contributed by atoms with Crippen molar-refractivity contribution < 1.29 is 4.79 Å². The van der Waals surface area contributed by atoms with E-state index in [2.05, 4.69) is 5.32 Å². The van der Waals surface area contributed by atoms with Gasteiger partial charge < -0.3 is 11.1 Å². The molecular weight excluding hydrogens is 128 g/mol. The molecule has 58 valence electrons. The van der Waals surface area contributed by atoms with Crippen molar-refractivity contribution in [1.82, 2.24) is 5.32 Å². The second kappa shape index (κ2) is 3.01. The van der Waals surface area contributed by atoms with E-state index in [4.69, 9.17) is 5.73 Å². The lowest BCUT2D eigenvalue weighted by Gasteiger charge is -1.99. The molecule has 0 aromatic heterocycles. The molecule has 0 saturated heterocycles. The van der Waals surface area contributed by atoms with Gasteiger partial charge >= 0.3 is 0 Å². The van der Waals surface area contributed by atoms with Gasteiger partial charge in [0.05, 0.1) is 0 Å². The maximum absolute atomic E-state index is 10.9. The van der Waals surface area contributed by atoms with Gasteiger partial charge in [-0.1, -0.05) is 6.92 Å². The van der Waals surface area contributed by atoms with E-state index in [1.54, 1.807) is 0 Å². The molecule has 2 atom stereocenters. The maximum Gasteiger partial charge on any atom is 0.220 e. The third kappa shape index (κ3) is 1.99. The fourth-order valence-electron chi connectivity index (χ4n) is 0.887. The molecule has 0 spiro atoms. The standard InChI is InChI=1S/C7H14N2O/c1-2-3-7(10)9-6-4-5(6)8/h5-6H,2-4,8H2,1H3,(H,9,10). The van der Waals surface area contributed by atoms with Crippen molar-refractivity contribution in [2.75, 3.05) is 0 Å². The van der Waals surface area contributed by atoms with E-state index in [1.807, 2.05) is 6.92 Å². The number of carbonyl (C=O) groups excluding carboxylic acids is 1. The predicted octanol–water partition coefficient (Wildman–Crippen LogP) is 0.00230. The van der Waals surface area contributed by atoms with Crippen LogP contribution >= 0.6 is 0 Å². The average Bonchev–Trinajstić information content (AvgIpc) is 2.47. The van der Waals surface area contributed by atoms with Gasteiger partial charge in [-0.2, -0.15) is 0 Å². The summed E-state index contributed by atoms with van der Waals surface area (Å²) in [7, 11) is 0. The molecule has 2 unspecified atom stereocenters. The van der Waals surface area contributed by atoms with Crippen molar-refractivity contribution in [3.05, 3.63) is 0 Å². The minimum atomic E-state index is 0.139. The zero-order valence-corrected chi connectivity index (χ0v) is 6.26. The molecule has 1 aliphatic carbocycles. The summed E-state index contributed by atoms with van der Waals surface area (Å²) in [6, 6.07) is 0.500. The maximum atomic E-state index is 10.9. The smallest absolute Gasteiger partial charge is 0.220 e. The van der Waals surface area contributed by atoms with Crippen LogP contribution in [0.5, 0.6) is 0 Å². The number of nitrogens with one attached hydrogen (secondary N) is 1. The summed E-state index contributed by atoms with van der Waals surface area (Å²) in [5.74, 6) is 0.139. The summed E-state index contributed by atoms with van der Waals surface area (Å²) < 4.78 is 0. The molecule has 3 N–H and O–H groups in total. The highest BCUT2D eigenvalue weighted by molar-refractivity contribution is 5.76. The molecule has 1 fully saturated rings. The van der Waals surface area contributed by atoms with E-state index < -0.39 is 0 Å². The van der Waals surface area contributed by atoms with E-state index in [0.717, 1.165) is 12.8 Å². The van der Waals surface area contributed by atoms with Gasteiger partial charge in [-0.3, -0.25) is 4.79 Å². The van der Waals surface area contributed by atoms with Crippen LogP contribution < -0.4 is 11.1 Å². The van der Waals surface area contributed by atoms with Gasteiger partial charge in [0.2, 0.25) is 5.91 Å². The number of rotatable bonds is 3. The Morgan fingerprint density at radius 3 is 2.80 bits per heavy atom. The molecule has 3 nitrogen and oxygen atoms in total. The molecule has 1 rings (SSSR count). The Morgan fingerprint density at radius 1 is 1.80 bits per heavy atom. The Bertz CT molecular complexity index is 136. The molecule has 0 aromatic rings. The Labute approximate surface area is 61.0 Å². The summed E-state index contributed by atoms with van der Waals surface area (Å²) in [5.41, 5.74) is 5.50. The number of nitrogens with two attached hydrogens (primary N) is 1. The van der Waals surface area contributed by atoms with Crippen molar-refractivity contribution in [2.45, 2.75) is 38.3 Å². The van der Waals surface area contributed by atoms with Crippen LogP contribution in [0.2, 0.25) is 0 Å². The second-order valence-electron chi connectivity index (χ2n) is 2.82. The second-order valence-corrected chi connectivity index (χ2v) is 2.82. The van der Waals surface area contributed by atoms with E-state index in [9.17, 15) is 4.79 Å². The number of carbonyl (C=O) groups is 1. The summed E-state index contributed by atoms with van der Waals surface area (Å²) in [6.45, 7) is 1.99. The first kappa shape index (κ1) is 7.54. The van der Waals surface area contributed by atoms with Gasteiger partial charge in [-0.25, -0.2) is 0 Å². The van der Waals surface area contributed by atoms with Gasteiger partial charge in [0.15, 0.2) is 0 Å². The highest BCUT2D eigenvalue weighted by Crippen LogP contribution is 2.17. The molecule has 0 bridgehead atoms. The summed E-state index contributed by atoms with van der Waals surface area (Å²) in [4.78, 5) is 10.9. The molecule has 0 aromatic carbocycles. The highest BCUT2D eigenvalue weighted by Gasteiger charge is 2.34. The third-order valence-electron chi connectivity index (χ3n) is 1.66. The molecule has 0 heterocycles. The monoisotopic (exact) mass is 142 g/mol. The Kier molecular flexibility index (Phi) is 2.27. The van der Waals surface area contributed by atoms with Crippen molar-refractivity contribution in [3.8, 4) is 0 Å². The van der Waals surface area contributed by atoms with E-state index >= 15 is 0 Å². The quantitative estimate of drug-likeness (QED) is 0.583. The number of amides is 1. The van der Waals surface area contributed by atoms with Crippen LogP contribution in [-0.2, 0) is 4.79 Å². The van der Waals surface area contributed by atoms with Crippen LogP contribution in [-0.4, -0.2) is 18.0 Å². The molecule has 1 amide bonds. The van der Waals surface area contributed by atoms with Crippen molar-refractivity contribution in [3.63, 3.8) is 0 Å². The molecule has 0 aliphatic heterocycles. The summed E-state index contributed by atoms with van der Waals surface area (Å²) in [5, 5.41) is 2.84. The molecule has 3 heteroatoms. The largest absolute Gasteiger partial charge is 0.352 e. The first-order valence-corrected chi connectivity index (χ1v) is 3.79. The van der Waals surface area contributed by atoms with Gasteiger partial charge in [-0.15, -0.1) is 0 Å². The van der Waals surface area contributed by atoms with Crippen LogP contribution in [0, 0.1) is 0 Å². The first-order valence-electron chi connectivity index (χ1n) is 3.79. The number of hydrogen-bond donors (Lipinski definition) is 2. The van der Waals surface area contributed by atoms with Crippen molar-refractivity contribution >= 4 is 5.91 Å². The van der Waals surface area contributed by atoms with Crippen LogP contribution in [0.25, 0.3) is 0 Å². The Morgan fingerprint density at radius 2 is 2.40 bits per heavy atom. The predicted molar refractivity (Wildman–Crippen MR) is 39.4 cm³/mol.